The second-order valence-corrected chi connectivity index (χ2v) is 6.83. The Kier molecular flexibility index (Phi) is 2.87. The summed E-state index contributed by atoms with van der Waals surface area (Å²) >= 11 is 6.01. The lowest BCUT2D eigenvalue weighted by Gasteiger charge is -2.13. The van der Waals surface area contributed by atoms with Gasteiger partial charge in [0.05, 0.1) is 0 Å². The standard InChI is InChI=1S/C13H14N4S2/c1-13(2,3)11-14-15-12-17(11)16-10(19-12)8-6-4-5-7-9(8)18/h4-7,18H,1-3H3. The third-order valence-electron chi connectivity index (χ3n) is 2.80. The van der Waals surface area contributed by atoms with Crippen molar-refractivity contribution in [3.8, 4) is 10.6 Å². The Hall–Kier alpha value is -1.40. The highest BCUT2D eigenvalue weighted by molar-refractivity contribution is 7.80. The summed E-state index contributed by atoms with van der Waals surface area (Å²) in [5.41, 5.74) is 0.951. The summed E-state index contributed by atoms with van der Waals surface area (Å²) in [5.74, 6) is 0.877. The van der Waals surface area contributed by atoms with Crippen molar-refractivity contribution in [1.29, 1.82) is 0 Å². The first-order valence-corrected chi connectivity index (χ1v) is 7.24. The van der Waals surface area contributed by atoms with Gasteiger partial charge in [-0.3, -0.25) is 0 Å². The van der Waals surface area contributed by atoms with Gasteiger partial charge in [-0.15, -0.1) is 22.8 Å². The number of fused-ring (bicyclic) bond motifs is 1. The summed E-state index contributed by atoms with van der Waals surface area (Å²) in [5, 5.41) is 14.0. The van der Waals surface area contributed by atoms with Crippen molar-refractivity contribution in [3.63, 3.8) is 0 Å². The molecule has 0 saturated carbocycles. The maximum atomic E-state index is 4.63. The topological polar surface area (TPSA) is 43.1 Å². The molecule has 0 atom stereocenters. The molecule has 0 radical (unpaired) electrons. The van der Waals surface area contributed by atoms with Gasteiger partial charge in [0, 0.05) is 15.9 Å². The molecule has 2 heterocycles. The molecule has 2 aromatic heterocycles. The summed E-state index contributed by atoms with van der Waals surface area (Å²) in [6, 6.07) is 7.94. The average Bonchev–Trinajstić information content (AvgIpc) is 2.86. The summed E-state index contributed by atoms with van der Waals surface area (Å²) < 4.78 is 1.83. The SMILES string of the molecule is CC(C)(C)c1nnc2sc(-c3ccccc3S)nn12. The van der Waals surface area contributed by atoms with E-state index in [1.54, 1.807) is 0 Å². The van der Waals surface area contributed by atoms with E-state index < -0.39 is 0 Å². The van der Waals surface area contributed by atoms with E-state index in [1.165, 1.54) is 11.3 Å². The van der Waals surface area contributed by atoms with Crippen LogP contribution < -0.4 is 0 Å². The number of hydrogen-bond acceptors (Lipinski definition) is 5. The zero-order valence-electron chi connectivity index (χ0n) is 11.0. The van der Waals surface area contributed by atoms with Gasteiger partial charge in [0.2, 0.25) is 4.96 Å². The molecular weight excluding hydrogens is 276 g/mol. The highest BCUT2D eigenvalue weighted by Crippen LogP contribution is 2.31. The molecule has 0 amide bonds. The van der Waals surface area contributed by atoms with Crippen LogP contribution in [0.1, 0.15) is 26.6 Å². The Morgan fingerprint density at radius 2 is 1.89 bits per heavy atom. The van der Waals surface area contributed by atoms with Gasteiger partial charge in [-0.1, -0.05) is 50.3 Å². The van der Waals surface area contributed by atoms with E-state index >= 15 is 0 Å². The predicted octanol–water partition coefficient (Wildman–Crippen LogP) is 3.44. The molecule has 0 aliphatic carbocycles. The van der Waals surface area contributed by atoms with E-state index in [2.05, 4.69) is 48.7 Å². The Balaban J connectivity index is 2.18. The first kappa shape index (κ1) is 12.6. The third-order valence-corrected chi connectivity index (χ3v) is 4.12. The molecule has 0 spiro atoms. The number of rotatable bonds is 1. The quantitative estimate of drug-likeness (QED) is 0.698. The van der Waals surface area contributed by atoms with E-state index in [0.29, 0.717) is 0 Å². The minimum absolute atomic E-state index is 0.0781. The molecule has 0 saturated heterocycles. The number of benzene rings is 1. The predicted molar refractivity (Wildman–Crippen MR) is 80.0 cm³/mol. The summed E-state index contributed by atoms with van der Waals surface area (Å²) in [4.78, 5) is 1.74. The van der Waals surface area contributed by atoms with Gasteiger partial charge < -0.3 is 0 Å². The smallest absolute Gasteiger partial charge is 0.186 e. The molecule has 1 aromatic carbocycles. The van der Waals surface area contributed by atoms with E-state index in [0.717, 1.165) is 26.3 Å². The molecule has 19 heavy (non-hydrogen) atoms. The molecule has 98 valence electrons. The maximum absolute atomic E-state index is 4.63. The van der Waals surface area contributed by atoms with Gasteiger partial charge in [0.15, 0.2) is 5.82 Å². The van der Waals surface area contributed by atoms with E-state index in [4.69, 9.17) is 0 Å². The normalized spacial score (nSPS) is 12.2. The van der Waals surface area contributed by atoms with Crippen LogP contribution in [0.3, 0.4) is 0 Å². The van der Waals surface area contributed by atoms with Gasteiger partial charge in [0.1, 0.15) is 5.01 Å². The lowest BCUT2D eigenvalue weighted by Crippen LogP contribution is -2.16. The molecule has 0 bridgehead atoms. The van der Waals surface area contributed by atoms with Crippen LogP contribution in [0, 0.1) is 0 Å². The van der Waals surface area contributed by atoms with Crippen LogP contribution in [0.15, 0.2) is 29.2 Å². The summed E-state index contributed by atoms with van der Waals surface area (Å²) in [6.07, 6.45) is 0. The second-order valence-electron chi connectivity index (χ2n) is 5.39. The molecule has 6 heteroatoms. The molecular formula is C13H14N4S2. The molecule has 0 unspecified atom stereocenters. The Morgan fingerprint density at radius 3 is 2.58 bits per heavy atom. The molecule has 0 aliphatic rings. The molecule has 3 aromatic rings. The number of hydrogen-bond donors (Lipinski definition) is 1. The Bertz CT molecular complexity index is 737. The molecule has 3 rings (SSSR count). The van der Waals surface area contributed by atoms with Gasteiger partial charge in [-0.25, -0.2) is 0 Å². The highest BCUT2D eigenvalue weighted by Gasteiger charge is 2.23. The van der Waals surface area contributed by atoms with Crippen molar-refractivity contribution < 1.29 is 0 Å². The number of thiol groups is 1. The number of nitrogens with zero attached hydrogens (tertiary/aromatic N) is 4. The van der Waals surface area contributed by atoms with Crippen LogP contribution in [0.5, 0.6) is 0 Å². The number of aromatic nitrogens is 4. The van der Waals surface area contributed by atoms with Crippen molar-refractivity contribution in [2.24, 2.45) is 0 Å². The lowest BCUT2D eigenvalue weighted by atomic mass is 9.96. The first-order chi connectivity index (χ1) is 8.97. The van der Waals surface area contributed by atoms with Crippen LogP contribution in [0.4, 0.5) is 0 Å². The van der Waals surface area contributed by atoms with Gasteiger partial charge in [0.25, 0.3) is 0 Å². The van der Waals surface area contributed by atoms with E-state index in [-0.39, 0.29) is 5.41 Å². The third kappa shape index (κ3) is 2.15. The fraction of sp³-hybridized carbons (Fsp3) is 0.308. The largest absolute Gasteiger partial charge is 0.235 e. The highest BCUT2D eigenvalue weighted by atomic mass is 32.1. The molecule has 4 nitrogen and oxygen atoms in total. The molecule has 0 aliphatic heterocycles. The Morgan fingerprint density at radius 1 is 1.16 bits per heavy atom. The molecule has 0 N–H and O–H groups in total. The van der Waals surface area contributed by atoms with Gasteiger partial charge in [-0.05, 0) is 6.07 Å². The van der Waals surface area contributed by atoms with Crippen molar-refractivity contribution in [3.05, 3.63) is 30.1 Å². The fourth-order valence-electron chi connectivity index (χ4n) is 1.85. The van der Waals surface area contributed by atoms with E-state index in [1.807, 2.05) is 28.8 Å². The van der Waals surface area contributed by atoms with Gasteiger partial charge >= 0.3 is 0 Å². The first-order valence-electron chi connectivity index (χ1n) is 5.98. The van der Waals surface area contributed by atoms with Crippen LogP contribution in [0.2, 0.25) is 0 Å². The fourth-order valence-corrected chi connectivity index (χ4v) is 3.07. The monoisotopic (exact) mass is 290 g/mol. The Labute approximate surface area is 120 Å². The van der Waals surface area contributed by atoms with Gasteiger partial charge in [-0.2, -0.15) is 9.61 Å². The van der Waals surface area contributed by atoms with E-state index in [9.17, 15) is 0 Å². The zero-order chi connectivity index (χ0) is 13.6. The minimum Gasteiger partial charge on any atom is -0.186 e. The van der Waals surface area contributed by atoms with Crippen LogP contribution in [0.25, 0.3) is 15.5 Å². The van der Waals surface area contributed by atoms with Crippen molar-refractivity contribution >= 4 is 28.9 Å². The summed E-state index contributed by atoms with van der Waals surface area (Å²) in [7, 11) is 0. The lowest BCUT2D eigenvalue weighted by molar-refractivity contribution is 0.528. The van der Waals surface area contributed by atoms with Crippen LogP contribution in [-0.4, -0.2) is 19.8 Å². The van der Waals surface area contributed by atoms with Crippen LogP contribution in [-0.2, 0) is 5.41 Å². The van der Waals surface area contributed by atoms with Crippen molar-refractivity contribution in [2.75, 3.05) is 0 Å². The average molecular weight is 290 g/mol. The zero-order valence-corrected chi connectivity index (χ0v) is 12.7. The van der Waals surface area contributed by atoms with Crippen molar-refractivity contribution in [1.82, 2.24) is 19.8 Å². The second kappa shape index (κ2) is 4.31. The maximum Gasteiger partial charge on any atom is 0.235 e. The van der Waals surface area contributed by atoms with Crippen molar-refractivity contribution in [2.45, 2.75) is 31.1 Å². The minimum atomic E-state index is -0.0781. The summed E-state index contributed by atoms with van der Waals surface area (Å²) in [6.45, 7) is 6.32. The van der Waals surface area contributed by atoms with Crippen LogP contribution >= 0.6 is 24.0 Å². The molecule has 0 fully saturated rings.